The van der Waals surface area contributed by atoms with Crippen molar-refractivity contribution >= 4 is 11.9 Å². The normalized spacial score (nSPS) is 16.7. The van der Waals surface area contributed by atoms with Crippen molar-refractivity contribution in [2.45, 2.75) is 32.7 Å². The van der Waals surface area contributed by atoms with Crippen molar-refractivity contribution in [3.05, 3.63) is 29.8 Å². The van der Waals surface area contributed by atoms with E-state index < -0.39 is 0 Å². The fraction of sp³-hybridized carbons (Fsp3) is 0.529. The van der Waals surface area contributed by atoms with Crippen molar-refractivity contribution in [1.82, 2.24) is 10.2 Å². The minimum absolute atomic E-state index is 0.0994. The monoisotopic (exact) mass is 319 g/mol. The summed E-state index contributed by atoms with van der Waals surface area (Å²) in [7, 11) is 0. The van der Waals surface area contributed by atoms with Crippen LogP contribution in [0, 0.1) is 12.8 Å². The van der Waals surface area contributed by atoms with E-state index in [-0.39, 0.29) is 23.9 Å². The van der Waals surface area contributed by atoms with Gasteiger partial charge in [0.25, 0.3) is 0 Å². The molecule has 1 heterocycles. The quantitative estimate of drug-likeness (QED) is 0.866. The van der Waals surface area contributed by atoms with Gasteiger partial charge < -0.3 is 20.7 Å². The molecule has 0 bridgehead atoms. The Bertz CT molecular complexity index is 537. The number of hydrogen-bond donors (Lipinski definition) is 2. The summed E-state index contributed by atoms with van der Waals surface area (Å²) >= 11 is 0. The summed E-state index contributed by atoms with van der Waals surface area (Å²) < 4.78 is 5.67. The van der Waals surface area contributed by atoms with Crippen LogP contribution in [0.4, 0.5) is 4.79 Å². The van der Waals surface area contributed by atoms with Crippen LogP contribution in [0.1, 0.15) is 25.3 Å². The summed E-state index contributed by atoms with van der Waals surface area (Å²) in [6, 6.07) is 7.59. The predicted molar refractivity (Wildman–Crippen MR) is 88.2 cm³/mol. The Labute approximate surface area is 137 Å². The van der Waals surface area contributed by atoms with Crippen LogP contribution in [-0.4, -0.2) is 42.6 Å². The third-order valence-corrected chi connectivity index (χ3v) is 4.08. The van der Waals surface area contributed by atoms with Gasteiger partial charge in [-0.1, -0.05) is 17.7 Å². The topological polar surface area (TPSA) is 84.7 Å². The van der Waals surface area contributed by atoms with E-state index in [1.54, 1.807) is 4.90 Å². The van der Waals surface area contributed by atoms with Crippen LogP contribution in [-0.2, 0) is 4.79 Å². The zero-order valence-electron chi connectivity index (χ0n) is 13.7. The molecule has 0 unspecified atom stereocenters. The second kappa shape index (κ2) is 7.85. The summed E-state index contributed by atoms with van der Waals surface area (Å²) in [5.41, 5.74) is 6.48. The largest absolute Gasteiger partial charge is 0.491 e. The maximum Gasteiger partial charge on any atom is 0.317 e. The van der Waals surface area contributed by atoms with Crippen LogP contribution >= 0.6 is 0 Å². The van der Waals surface area contributed by atoms with Gasteiger partial charge in [-0.05, 0) is 38.8 Å². The number of carbonyl (C=O) groups excluding carboxylic acids is 2. The highest BCUT2D eigenvalue weighted by Gasteiger charge is 2.26. The molecule has 1 aliphatic rings. The average Bonchev–Trinajstić information content (AvgIpc) is 2.54. The van der Waals surface area contributed by atoms with Gasteiger partial charge in [0.2, 0.25) is 5.91 Å². The molecule has 1 aromatic rings. The van der Waals surface area contributed by atoms with E-state index in [1.807, 2.05) is 38.1 Å². The second-order valence-electron chi connectivity index (χ2n) is 6.14. The zero-order chi connectivity index (χ0) is 16.8. The van der Waals surface area contributed by atoms with Gasteiger partial charge in [-0.15, -0.1) is 0 Å². The second-order valence-corrected chi connectivity index (χ2v) is 6.14. The van der Waals surface area contributed by atoms with Crippen LogP contribution in [0.2, 0.25) is 0 Å². The summed E-state index contributed by atoms with van der Waals surface area (Å²) in [6.07, 6.45) is 1.27. The molecular formula is C17H25N3O3. The molecule has 0 saturated carbocycles. The molecule has 2 rings (SSSR count). The maximum absolute atomic E-state index is 12.2. The zero-order valence-corrected chi connectivity index (χ0v) is 13.7. The van der Waals surface area contributed by atoms with Crippen molar-refractivity contribution in [1.29, 1.82) is 0 Å². The molecule has 126 valence electrons. The molecule has 0 aliphatic carbocycles. The molecule has 0 radical (unpaired) electrons. The molecule has 0 spiro atoms. The summed E-state index contributed by atoms with van der Waals surface area (Å²) in [5, 5.41) is 2.92. The number of likely N-dealkylation sites (tertiary alicyclic amines) is 1. The number of amides is 3. The van der Waals surface area contributed by atoms with Crippen molar-refractivity contribution in [2.75, 3.05) is 19.7 Å². The standard InChI is InChI=1S/C17H25N3O3/c1-12-3-5-15(6-4-12)23-11-13(2)19-17(22)20-9-7-14(8-10-20)16(18)21/h3-6,13-14H,7-11H2,1-2H3,(H2,18,21)(H,19,22)/t13-/m0/s1. The number of aryl methyl sites for hydroxylation is 1. The highest BCUT2D eigenvalue weighted by atomic mass is 16.5. The number of nitrogens with zero attached hydrogens (tertiary/aromatic N) is 1. The first-order valence-corrected chi connectivity index (χ1v) is 8.00. The first kappa shape index (κ1) is 17.1. The first-order valence-electron chi connectivity index (χ1n) is 8.00. The molecule has 23 heavy (non-hydrogen) atoms. The number of carbonyl (C=O) groups is 2. The van der Waals surface area contributed by atoms with Crippen LogP contribution in [0.25, 0.3) is 0 Å². The number of piperidine rings is 1. The molecule has 1 aliphatic heterocycles. The van der Waals surface area contributed by atoms with E-state index in [0.29, 0.717) is 32.5 Å². The number of benzene rings is 1. The maximum atomic E-state index is 12.2. The number of nitrogens with two attached hydrogens (primary N) is 1. The van der Waals surface area contributed by atoms with E-state index in [4.69, 9.17) is 10.5 Å². The van der Waals surface area contributed by atoms with Gasteiger partial charge in [0.15, 0.2) is 0 Å². The fourth-order valence-corrected chi connectivity index (χ4v) is 2.57. The highest BCUT2D eigenvalue weighted by Crippen LogP contribution is 2.16. The van der Waals surface area contributed by atoms with Crippen LogP contribution in [0.3, 0.4) is 0 Å². The Kier molecular flexibility index (Phi) is 5.84. The minimum atomic E-state index is -0.273. The molecule has 3 N–H and O–H groups in total. The molecule has 1 atom stereocenters. The van der Waals surface area contributed by atoms with Crippen molar-refractivity contribution in [3.63, 3.8) is 0 Å². The molecule has 3 amide bonds. The van der Waals surface area contributed by atoms with E-state index in [9.17, 15) is 9.59 Å². The number of rotatable bonds is 5. The lowest BCUT2D eigenvalue weighted by molar-refractivity contribution is -0.123. The number of nitrogens with one attached hydrogen (secondary N) is 1. The van der Waals surface area contributed by atoms with E-state index in [1.165, 1.54) is 5.56 Å². The van der Waals surface area contributed by atoms with E-state index >= 15 is 0 Å². The van der Waals surface area contributed by atoms with Gasteiger partial charge in [-0.3, -0.25) is 4.79 Å². The highest BCUT2D eigenvalue weighted by molar-refractivity contribution is 5.78. The van der Waals surface area contributed by atoms with Gasteiger partial charge in [0.05, 0.1) is 6.04 Å². The third-order valence-electron chi connectivity index (χ3n) is 4.08. The first-order chi connectivity index (χ1) is 11.0. The summed E-state index contributed by atoms with van der Waals surface area (Å²) in [4.78, 5) is 25.0. The number of ether oxygens (including phenoxy) is 1. The van der Waals surface area contributed by atoms with E-state index in [2.05, 4.69) is 5.32 Å². The van der Waals surface area contributed by atoms with Crippen molar-refractivity contribution in [2.24, 2.45) is 11.7 Å². The minimum Gasteiger partial charge on any atom is -0.491 e. The van der Waals surface area contributed by atoms with Crippen molar-refractivity contribution < 1.29 is 14.3 Å². The Morgan fingerprint density at radius 1 is 1.30 bits per heavy atom. The lowest BCUT2D eigenvalue weighted by Gasteiger charge is -2.31. The number of hydrogen-bond acceptors (Lipinski definition) is 3. The van der Waals surface area contributed by atoms with Crippen LogP contribution < -0.4 is 15.8 Å². The number of urea groups is 1. The van der Waals surface area contributed by atoms with Gasteiger partial charge in [-0.2, -0.15) is 0 Å². The number of primary amides is 1. The van der Waals surface area contributed by atoms with Crippen LogP contribution in [0.5, 0.6) is 5.75 Å². The third kappa shape index (κ3) is 5.16. The van der Waals surface area contributed by atoms with Gasteiger partial charge >= 0.3 is 6.03 Å². The fourth-order valence-electron chi connectivity index (χ4n) is 2.57. The molecular weight excluding hydrogens is 294 g/mol. The van der Waals surface area contributed by atoms with Gasteiger partial charge in [0, 0.05) is 19.0 Å². The Balaban J connectivity index is 1.72. The van der Waals surface area contributed by atoms with E-state index in [0.717, 1.165) is 5.75 Å². The smallest absolute Gasteiger partial charge is 0.317 e. The Hall–Kier alpha value is -2.24. The van der Waals surface area contributed by atoms with Gasteiger partial charge in [0.1, 0.15) is 12.4 Å². The van der Waals surface area contributed by atoms with Gasteiger partial charge in [-0.25, -0.2) is 4.79 Å². The molecule has 6 heteroatoms. The molecule has 0 aromatic heterocycles. The molecule has 1 aromatic carbocycles. The average molecular weight is 319 g/mol. The molecule has 6 nitrogen and oxygen atoms in total. The Morgan fingerprint density at radius 3 is 2.48 bits per heavy atom. The summed E-state index contributed by atoms with van der Waals surface area (Å²) in [5.74, 6) is 0.408. The predicted octanol–water partition coefficient (Wildman–Crippen LogP) is 1.67. The lowest BCUT2D eigenvalue weighted by atomic mass is 9.96. The Morgan fingerprint density at radius 2 is 1.91 bits per heavy atom. The molecule has 1 saturated heterocycles. The lowest BCUT2D eigenvalue weighted by Crippen LogP contribution is -2.49. The summed E-state index contributed by atoms with van der Waals surface area (Å²) in [6.45, 7) is 5.46. The van der Waals surface area contributed by atoms with Crippen LogP contribution in [0.15, 0.2) is 24.3 Å². The SMILES string of the molecule is Cc1ccc(OC[C@H](C)NC(=O)N2CCC(C(N)=O)CC2)cc1. The van der Waals surface area contributed by atoms with Crippen molar-refractivity contribution in [3.8, 4) is 5.75 Å². The molecule has 1 fully saturated rings.